The van der Waals surface area contributed by atoms with Crippen molar-refractivity contribution < 1.29 is 0 Å². The molecule has 2 atom stereocenters. The Morgan fingerprint density at radius 1 is 1.77 bits per heavy atom. The minimum absolute atomic E-state index is 0.0283. The van der Waals surface area contributed by atoms with Crippen LogP contribution in [0, 0.1) is 0 Å². The highest BCUT2D eigenvalue weighted by atomic mass is 32.2. The summed E-state index contributed by atoms with van der Waals surface area (Å²) in [5.74, 6) is 2.37. The summed E-state index contributed by atoms with van der Waals surface area (Å²) in [6.45, 7) is 1.97. The molecular weight excluding hydrogens is 184 g/mol. The molecule has 1 aliphatic heterocycles. The smallest absolute Gasteiger partial charge is 0.0755 e. The van der Waals surface area contributed by atoms with Crippen LogP contribution in [0.3, 0.4) is 0 Å². The number of hydrogen-bond donors (Lipinski definition) is 1. The Labute approximate surface area is 81.9 Å². The second kappa shape index (κ2) is 3.67. The van der Waals surface area contributed by atoms with Crippen LogP contribution in [0.4, 0.5) is 0 Å². The number of nitrogens with two attached hydrogens (primary N) is 1. The summed E-state index contributed by atoms with van der Waals surface area (Å²) >= 11 is 1.97. The van der Waals surface area contributed by atoms with E-state index < -0.39 is 0 Å². The van der Waals surface area contributed by atoms with Crippen molar-refractivity contribution in [2.75, 3.05) is 11.5 Å². The molecular formula is C8H14N4S. The Morgan fingerprint density at radius 2 is 2.62 bits per heavy atom. The summed E-state index contributed by atoms with van der Waals surface area (Å²) in [5, 5.41) is 8.00. The van der Waals surface area contributed by atoms with Crippen LogP contribution in [0.15, 0.2) is 6.20 Å². The number of aromatic nitrogens is 3. The Kier molecular flexibility index (Phi) is 2.55. The minimum Gasteiger partial charge on any atom is -0.323 e. The van der Waals surface area contributed by atoms with Crippen LogP contribution >= 0.6 is 11.8 Å². The lowest BCUT2D eigenvalue weighted by Gasteiger charge is -2.13. The maximum Gasteiger partial charge on any atom is 0.0755 e. The van der Waals surface area contributed by atoms with E-state index in [2.05, 4.69) is 10.3 Å². The van der Waals surface area contributed by atoms with Crippen LogP contribution in [0.25, 0.3) is 0 Å². The Balaban J connectivity index is 2.23. The molecule has 0 aliphatic carbocycles. The van der Waals surface area contributed by atoms with Gasteiger partial charge in [0.25, 0.3) is 0 Å². The van der Waals surface area contributed by atoms with Crippen LogP contribution in [0.5, 0.6) is 0 Å². The van der Waals surface area contributed by atoms with Crippen molar-refractivity contribution in [2.45, 2.75) is 25.4 Å². The molecule has 1 unspecified atom stereocenters. The van der Waals surface area contributed by atoms with E-state index in [1.807, 2.05) is 23.4 Å². The molecule has 1 aromatic rings. The van der Waals surface area contributed by atoms with Gasteiger partial charge in [-0.25, -0.2) is 4.68 Å². The fourth-order valence-corrected chi connectivity index (χ4v) is 2.76. The zero-order chi connectivity index (χ0) is 9.26. The highest BCUT2D eigenvalue weighted by molar-refractivity contribution is 7.99. The molecule has 2 heterocycles. The topological polar surface area (TPSA) is 56.7 Å². The number of hydrogen-bond acceptors (Lipinski definition) is 4. The predicted molar refractivity (Wildman–Crippen MR) is 53.6 cm³/mol. The zero-order valence-electron chi connectivity index (χ0n) is 7.68. The monoisotopic (exact) mass is 198 g/mol. The van der Waals surface area contributed by atoms with E-state index in [-0.39, 0.29) is 6.04 Å². The summed E-state index contributed by atoms with van der Waals surface area (Å²) < 4.78 is 1.99. The van der Waals surface area contributed by atoms with Crippen molar-refractivity contribution in [3.05, 3.63) is 11.9 Å². The fourth-order valence-electron chi connectivity index (χ4n) is 1.58. The summed E-state index contributed by atoms with van der Waals surface area (Å²) in [4.78, 5) is 0. The van der Waals surface area contributed by atoms with Crippen molar-refractivity contribution in [3.63, 3.8) is 0 Å². The highest BCUT2D eigenvalue weighted by Crippen LogP contribution is 2.28. The number of rotatable bonds is 2. The van der Waals surface area contributed by atoms with Gasteiger partial charge >= 0.3 is 0 Å². The van der Waals surface area contributed by atoms with Crippen molar-refractivity contribution in [3.8, 4) is 0 Å². The van der Waals surface area contributed by atoms with E-state index in [9.17, 15) is 0 Å². The molecule has 0 saturated carbocycles. The summed E-state index contributed by atoms with van der Waals surface area (Å²) in [7, 11) is 0. The third kappa shape index (κ3) is 1.71. The average Bonchev–Trinajstić information content (AvgIpc) is 2.74. The van der Waals surface area contributed by atoms with E-state index in [0.29, 0.717) is 6.04 Å². The molecule has 1 aromatic heterocycles. The summed E-state index contributed by atoms with van der Waals surface area (Å²) in [5.41, 5.74) is 6.87. The first-order valence-electron chi connectivity index (χ1n) is 4.52. The van der Waals surface area contributed by atoms with Crippen LogP contribution in [0.2, 0.25) is 0 Å². The first-order chi connectivity index (χ1) is 6.29. The van der Waals surface area contributed by atoms with Crippen molar-refractivity contribution in [1.82, 2.24) is 15.0 Å². The first-order valence-corrected chi connectivity index (χ1v) is 5.68. The standard InChI is InChI=1S/C8H14N4S/c1-6(9)8-4-10-11-12(8)7-2-3-13-5-7/h4,6-7H,2-3,5,9H2,1H3/t6-,7?/m0/s1. The molecule has 72 valence electrons. The molecule has 4 nitrogen and oxygen atoms in total. The lowest BCUT2D eigenvalue weighted by Crippen LogP contribution is -2.18. The van der Waals surface area contributed by atoms with Gasteiger partial charge in [0.05, 0.1) is 17.9 Å². The van der Waals surface area contributed by atoms with Gasteiger partial charge < -0.3 is 5.73 Å². The van der Waals surface area contributed by atoms with E-state index in [1.54, 1.807) is 6.20 Å². The van der Waals surface area contributed by atoms with Crippen LogP contribution in [-0.4, -0.2) is 26.5 Å². The van der Waals surface area contributed by atoms with Gasteiger partial charge in [0.1, 0.15) is 0 Å². The third-order valence-electron chi connectivity index (χ3n) is 2.32. The minimum atomic E-state index is 0.0283. The molecule has 0 spiro atoms. The fraction of sp³-hybridized carbons (Fsp3) is 0.750. The Hall–Kier alpha value is -0.550. The molecule has 1 aliphatic rings. The first kappa shape index (κ1) is 9.02. The number of nitrogens with zero attached hydrogens (tertiary/aromatic N) is 3. The molecule has 13 heavy (non-hydrogen) atoms. The SMILES string of the molecule is C[C@H](N)c1cnnn1C1CCSC1. The van der Waals surface area contributed by atoms with Crippen molar-refractivity contribution in [2.24, 2.45) is 5.73 Å². The zero-order valence-corrected chi connectivity index (χ0v) is 8.50. The van der Waals surface area contributed by atoms with Crippen molar-refractivity contribution in [1.29, 1.82) is 0 Å². The quantitative estimate of drug-likeness (QED) is 0.769. The van der Waals surface area contributed by atoms with Gasteiger partial charge in [-0.2, -0.15) is 11.8 Å². The summed E-state index contributed by atoms with van der Waals surface area (Å²) in [6, 6.07) is 0.536. The predicted octanol–water partition coefficient (Wildman–Crippen LogP) is 0.976. The second-order valence-corrected chi connectivity index (χ2v) is 4.56. The maximum atomic E-state index is 5.82. The Morgan fingerprint density at radius 3 is 3.23 bits per heavy atom. The average molecular weight is 198 g/mol. The van der Waals surface area contributed by atoms with Gasteiger partial charge in [-0.05, 0) is 19.1 Å². The van der Waals surface area contributed by atoms with Crippen LogP contribution in [-0.2, 0) is 0 Å². The van der Waals surface area contributed by atoms with Crippen molar-refractivity contribution >= 4 is 11.8 Å². The van der Waals surface area contributed by atoms with Gasteiger partial charge in [-0.1, -0.05) is 5.21 Å². The third-order valence-corrected chi connectivity index (χ3v) is 3.47. The summed E-state index contributed by atoms with van der Waals surface area (Å²) in [6.07, 6.45) is 2.96. The van der Waals surface area contributed by atoms with E-state index in [1.165, 1.54) is 12.2 Å². The van der Waals surface area contributed by atoms with Crippen LogP contribution in [0.1, 0.15) is 31.1 Å². The lowest BCUT2D eigenvalue weighted by atomic mass is 10.2. The normalized spacial score (nSPS) is 24.9. The molecule has 2 N–H and O–H groups in total. The molecule has 2 rings (SSSR count). The number of thioether (sulfide) groups is 1. The largest absolute Gasteiger partial charge is 0.323 e. The van der Waals surface area contributed by atoms with E-state index >= 15 is 0 Å². The molecule has 1 fully saturated rings. The molecule has 0 aromatic carbocycles. The van der Waals surface area contributed by atoms with Gasteiger partial charge in [0.15, 0.2) is 0 Å². The molecule has 0 bridgehead atoms. The highest BCUT2D eigenvalue weighted by Gasteiger charge is 2.21. The molecule has 5 heteroatoms. The second-order valence-electron chi connectivity index (χ2n) is 3.41. The Bertz CT molecular complexity index is 277. The molecule has 1 saturated heterocycles. The maximum absolute atomic E-state index is 5.82. The van der Waals surface area contributed by atoms with E-state index in [4.69, 9.17) is 5.73 Å². The van der Waals surface area contributed by atoms with Gasteiger partial charge in [0.2, 0.25) is 0 Å². The molecule has 0 radical (unpaired) electrons. The lowest BCUT2D eigenvalue weighted by molar-refractivity contribution is 0.458. The van der Waals surface area contributed by atoms with Gasteiger partial charge in [-0.3, -0.25) is 0 Å². The van der Waals surface area contributed by atoms with Gasteiger partial charge in [0, 0.05) is 11.8 Å². The van der Waals surface area contributed by atoms with Crippen LogP contribution < -0.4 is 5.73 Å². The van der Waals surface area contributed by atoms with Gasteiger partial charge in [-0.15, -0.1) is 5.10 Å². The molecule has 0 amide bonds. The van der Waals surface area contributed by atoms with E-state index in [0.717, 1.165) is 11.4 Å².